The second-order valence-electron chi connectivity index (χ2n) is 4.82. The molecule has 1 N–H and O–H groups in total. The van der Waals surface area contributed by atoms with Gasteiger partial charge in [0.1, 0.15) is 6.23 Å². The molecule has 0 saturated carbocycles. The van der Waals surface area contributed by atoms with Crippen molar-refractivity contribution in [1.29, 1.82) is 0 Å². The third-order valence-electron chi connectivity index (χ3n) is 3.35. The van der Waals surface area contributed by atoms with Crippen LogP contribution in [0.25, 0.3) is 0 Å². The lowest BCUT2D eigenvalue weighted by Crippen LogP contribution is -2.27. The van der Waals surface area contributed by atoms with Crippen molar-refractivity contribution in [2.75, 3.05) is 6.61 Å². The van der Waals surface area contributed by atoms with Gasteiger partial charge in [-0.25, -0.2) is 0 Å². The fourth-order valence-electron chi connectivity index (χ4n) is 2.37. The van der Waals surface area contributed by atoms with E-state index in [1.54, 1.807) is 0 Å². The topological polar surface area (TPSA) is 21.3 Å². The molecule has 0 radical (unpaired) electrons. The standard InChI is InChI=1S/C16H16BrNO/c17-14-8-6-13(7-9-14)16-18-15(11-19-16)10-12-4-2-1-3-5-12/h1-9,15-16,18H,10-11H2/t15-,16-/m0/s1. The molecule has 0 aromatic heterocycles. The van der Waals surface area contributed by atoms with E-state index in [9.17, 15) is 0 Å². The molecular weight excluding hydrogens is 302 g/mol. The largest absolute Gasteiger partial charge is 0.357 e. The zero-order valence-electron chi connectivity index (χ0n) is 10.6. The summed E-state index contributed by atoms with van der Waals surface area (Å²) >= 11 is 3.45. The van der Waals surface area contributed by atoms with E-state index in [2.05, 4.69) is 57.6 Å². The van der Waals surface area contributed by atoms with Gasteiger partial charge in [-0.3, -0.25) is 5.32 Å². The van der Waals surface area contributed by atoms with Crippen molar-refractivity contribution in [1.82, 2.24) is 5.32 Å². The van der Waals surface area contributed by atoms with Crippen molar-refractivity contribution in [3.8, 4) is 0 Å². The first-order valence-electron chi connectivity index (χ1n) is 6.48. The molecular formula is C16H16BrNO. The number of hydrogen-bond acceptors (Lipinski definition) is 2. The summed E-state index contributed by atoms with van der Waals surface area (Å²) in [7, 11) is 0. The van der Waals surface area contributed by atoms with Crippen molar-refractivity contribution in [3.05, 3.63) is 70.2 Å². The van der Waals surface area contributed by atoms with Crippen molar-refractivity contribution in [2.24, 2.45) is 0 Å². The van der Waals surface area contributed by atoms with Gasteiger partial charge in [-0.05, 0) is 29.7 Å². The number of hydrogen-bond donors (Lipinski definition) is 1. The Hall–Kier alpha value is -1.16. The number of rotatable bonds is 3. The van der Waals surface area contributed by atoms with Gasteiger partial charge in [0.15, 0.2) is 0 Å². The molecule has 3 rings (SSSR count). The molecule has 98 valence electrons. The summed E-state index contributed by atoms with van der Waals surface area (Å²) in [4.78, 5) is 0. The summed E-state index contributed by atoms with van der Waals surface area (Å²) < 4.78 is 6.93. The Morgan fingerprint density at radius 2 is 1.79 bits per heavy atom. The zero-order chi connectivity index (χ0) is 13.1. The van der Waals surface area contributed by atoms with Crippen LogP contribution in [0.4, 0.5) is 0 Å². The molecule has 0 bridgehead atoms. The van der Waals surface area contributed by atoms with E-state index in [1.807, 2.05) is 18.2 Å². The van der Waals surface area contributed by atoms with E-state index in [0.717, 1.165) is 17.5 Å². The zero-order valence-corrected chi connectivity index (χ0v) is 12.1. The van der Waals surface area contributed by atoms with Crippen LogP contribution >= 0.6 is 15.9 Å². The Labute approximate surface area is 121 Å². The summed E-state index contributed by atoms with van der Waals surface area (Å²) in [5.41, 5.74) is 2.53. The number of nitrogens with one attached hydrogen (secondary N) is 1. The minimum atomic E-state index is 0.0156. The molecule has 0 amide bonds. The van der Waals surface area contributed by atoms with Gasteiger partial charge in [-0.1, -0.05) is 58.4 Å². The summed E-state index contributed by atoms with van der Waals surface area (Å²) in [6.45, 7) is 0.760. The maximum absolute atomic E-state index is 5.84. The van der Waals surface area contributed by atoms with Gasteiger partial charge in [0.2, 0.25) is 0 Å². The first kappa shape index (κ1) is 12.9. The molecule has 2 nitrogen and oxygen atoms in total. The van der Waals surface area contributed by atoms with Gasteiger partial charge in [0.25, 0.3) is 0 Å². The molecule has 1 aliphatic rings. The smallest absolute Gasteiger partial charge is 0.134 e. The van der Waals surface area contributed by atoms with E-state index in [-0.39, 0.29) is 6.23 Å². The van der Waals surface area contributed by atoms with Crippen molar-refractivity contribution < 1.29 is 4.74 Å². The lowest BCUT2D eigenvalue weighted by atomic mass is 10.1. The Morgan fingerprint density at radius 3 is 2.53 bits per heavy atom. The van der Waals surface area contributed by atoms with Crippen LogP contribution in [-0.4, -0.2) is 12.6 Å². The van der Waals surface area contributed by atoms with E-state index >= 15 is 0 Å². The molecule has 0 spiro atoms. The van der Waals surface area contributed by atoms with Crippen LogP contribution < -0.4 is 5.32 Å². The highest BCUT2D eigenvalue weighted by molar-refractivity contribution is 9.10. The monoisotopic (exact) mass is 317 g/mol. The van der Waals surface area contributed by atoms with Crippen LogP contribution in [0.1, 0.15) is 17.4 Å². The Balaban J connectivity index is 1.62. The molecule has 1 fully saturated rings. The first-order valence-corrected chi connectivity index (χ1v) is 7.27. The Kier molecular flexibility index (Phi) is 3.97. The van der Waals surface area contributed by atoms with Crippen LogP contribution in [0.2, 0.25) is 0 Å². The molecule has 1 aliphatic heterocycles. The SMILES string of the molecule is Brc1ccc([C@H]2N[C@@H](Cc3ccccc3)CO2)cc1. The summed E-state index contributed by atoms with van der Waals surface area (Å²) in [5, 5.41) is 3.54. The normalized spacial score (nSPS) is 22.6. The maximum Gasteiger partial charge on any atom is 0.134 e. The molecule has 2 aromatic carbocycles. The predicted octanol–water partition coefficient (Wildman–Crippen LogP) is 3.68. The second kappa shape index (κ2) is 5.87. The number of halogens is 1. The van der Waals surface area contributed by atoms with Gasteiger partial charge >= 0.3 is 0 Å². The third kappa shape index (κ3) is 3.24. The van der Waals surface area contributed by atoms with Gasteiger partial charge < -0.3 is 4.74 Å². The van der Waals surface area contributed by atoms with Gasteiger partial charge in [0.05, 0.1) is 6.61 Å². The van der Waals surface area contributed by atoms with E-state index in [1.165, 1.54) is 11.1 Å². The lowest BCUT2D eigenvalue weighted by molar-refractivity contribution is 0.101. The van der Waals surface area contributed by atoms with Gasteiger partial charge in [-0.2, -0.15) is 0 Å². The molecule has 2 aromatic rings. The number of benzene rings is 2. The minimum Gasteiger partial charge on any atom is -0.357 e. The van der Waals surface area contributed by atoms with Gasteiger partial charge in [0, 0.05) is 10.5 Å². The van der Waals surface area contributed by atoms with Crippen molar-refractivity contribution in [3.63, 3.8) is 0 Å². The van der Waals surface area contributed by atoms with Crippen LogP contribution in [0, 0.1) is 0 Å². The predicted molar refractivity (Wildman–Crippen MR) is 79.9 cm³/mol. The molecule has 1 heterocycles. The summed E-state index contributed by atoms with van der Waals surface area (Å²) in [6.07, 6.45) is 1.02. The van der Waals surface area contributed by atoms with Crippen LogP contribution in [0.15, 0.2) is 59.1 Å². The highest BCUT2D eigenvalue weighted by atomic mass is 79.9. The van der Waals surface area contributed by atoms with Crippen LogP contribution in [-0.2, 0) is 11.2 Å². The molecule has 0 aliphatic carbocycles. The van der Waals surface area contributed by atoms with Crippen molar-refractivity contribution >= 4 is 15.9 Å². The number of ether oxygens (including phenoxy) is 1. The molecule has 3 heteroatoms. The first-order chi connectivity index (χ1) is 9.31. The summed E-state index contributed by atoms with van der Waals surface area (Å²) in [5.74, 6) is 0. The third-order valence-corrected chi connectivity index (χ3v) is 3.88. The fourth-order valence-corrected chi connectivity index (χ4v) is 2.63. The summed E-state index contributed by atoms with van der Waals surface area (Å²) in [6, 6.07) is 19.2. The second-order valence-corrected chi connectivity index (χ2v) is 5.73. The van der Waals surface area contributed by atoms with Gasteiger partial charge in [-0.15, -0.1) is 0 Å². The van der Waals surface area contributed by atoms with Crippen LogP contribution in [0.5, 0.6) is 0 Å². The highest BCUT2D eigenvalue weighted by Crippen LogP contribution is 2.23. The quantitative estimate of drug-likeness (QED) is 0.932. The van der Waals surface area contributed by atoms with E-state index in [4.69, 9.17) is 4.74 Å². The molecule has 1 saturated heterocycles. The Morgan fingerprint density at radius 1 is 1.05 bits per heavy atom. The average molecular weight is 318 g/mol. The highest BCUT2D eigenvalue weighted by Gasteiger charge is 2.25. The molecule has 0 unspecified atom stereocenters. The van der Waals surface area contributed by atoms with Crippen molar-refractivity contribution in [2.45, 2.75) is 18.7 Å². The average Bonchev–Trinajstić information content (AvgIpc) is 2.89. The van der Waals surface area contributed by atoms with E-state index in [0.29, 0.717) is 6.04 Å². The lowest BCUT2D eigenvalue weighted by Gasteiger charge is -2.12. The Bertz CT molecular complexity index is 526. The minimum absolute atomic E-state index is 0.0156. The maximum atomic E-state index is 5.84. The van der Waals surface area contributed by atoms with E-state index < -0.39 is 0 Å². The van der Waals surface area contributed by atoms with Crippen LogP contribution in [0.3, 0.4) is 0 Å². The fraction of sp³-hybridized carbons (Fsp3) is 0.250. The molecule has 19 heavy (non-hydrogen) atoms. The molecule has 2 atom stereocenters.